The van der Waals surface area contributed by atoms with Gasteiger partial charge in [-0.25, -0.2) is 14.2 Å². The van der Waals surface area contributed by atoms with Crippen molar-refractivity contribution in [3.8, 4) is 28.0 Å². The predicted molar refractivity (Wildman–Crippen MR) is 123 cm³/mol. The fraction of sp³-hybridized carbons (Fsp3) is 0.320. The molecule has 0 spiro atoms. The van der Waals surface area contributed by atoms with Gasteiger partial charge in [-0.15, -0.1) is 0 Å². The molecule has 1 aromatic carbocycles. The highest BCUT2D eigenvalue weighted by atomic mass is 19.1. The second-order valence-corrected chi connectivity index (χ2v) is 8.33. The third-order valence-electron chi connectivity index (χ3n) is 6.18. The van der Waals surface area contributed by atoms with Crippen LogP contribution in [0.25, 0.3) is 33.3 Å². The van der Waals surface area contributed by atoms with E-state index in [0.29, 0.717) is 42.5 Å². The van der Waals surface area contributed by atoms with E-state index in [1.165, 1.54) is 12.1 Å². The van der Waals surface area contributed by atoms with E-state index in [0.717, 1.165) is 34.3 Å². The molecule has 8 nitrogen and oxygen atoms in total. The minimum atomic E-state index is -1.35. The quantitative estimate of drug-likeness (QED) is 0.419. The topological polar surface area (TPSA) is 99.6 Å². The van der Waals surface area contributed by atoms with E-state index in [9.17, 15) is 14.3 Å². The largest absolute Gasteiger partial charge is 0.493 e. The smallest absolute Gasteiger partial charge is 0.338 e. The summed E-state index contributed by atoms with van der Waals surface area (Å²) < 4.78 is 33.6. The summed E-state index contributed by atoms with van der Waals surface area (Å²) in [4.78, 5) is 16.3. The number of fused-ring (bicyclic) bond motifs is 1. The monoisotopic (exact) mass is 465 g/mol. The molecule has 34 heavy (non-hydrogen) atoms. The summed E-state index contributed by atoms with van der Waals surface area (Å²) in [5, 5.41) is 14.2. The Morgan fingerprint density at radius 2 is 2.12 bits per heavy atom. The fourth-order valence-corrected chi connectivity index (χ4v) is 4.60. The molecule has 1 fully saturated rings. The molecule has 1 aliphatic heterocycles. The lowest BCUT2D eigenvalue weighted by atomic mass is 9.99. The third kappa shape index (κ3) is 3.62. The first-order chi connectivity index (χ1) is 16.4. The van der Waals surface area contributed by atoms with E-state index in [1.807, 2.05) is 30.7 Å². The molecule has 1 N–H and O–H groups in total. The van der Waals surface area contributed by atoms with Gasteiger partial charge >= 0.3 is 5.97 Å². The molecule has 0 aliphatic carbocycles. The van der Waals surface area contributed by atoms with Crippen LogP contribution in [0.3, 0.4) is 0 Å². The SMILES string of the molecule is CCOc1cc(C(=O)O)c(F)cc1-c1cn([C@H]2CCOC2)c2ncc(-c3c(C)noc3C)cc12. The molecule has 0 amide bonds. The van der Waals surface area contributed by atoms with Crippen molar-refractivity contribution in [2.24, 2.45) is 0 Å². The Morgan fingerprint density at radius 1 is 1.29 bits per heavy atom. The summed E-state index contributed by atoms with van der Waals surface area (Å²) >= 11 is 0. The van der Waals surface area contributed by atoms with Gasteiger partial charge in [-0.3, -0.25) is 0 Å². The van der Waals surface area contributed by atoms with Crippen molar-refractivity contribution in [3.63, 3.8) is 0 Å². The Labute approximate surface area is 194 Å². The lowest BCUT2D eigenvalue weighted by Crippen LogP contribution is -2.07. The number of benzene rings is 1. The molecule has 9 heteroatoms. The van der Waals surface area contributed by atoms with Crippen LogP contribution in [-0.4, -0.2) is 45.6 Å². The van der Waals surface area contributed by atoms with Gasteiger partial charge in [0, 0.05) is 46.6 Å². The van der Waals surface area contributed by atoms with Gasteiger partial charge in [0.2, 0.25) is 0 Å². The summed E-state index contributed by atoms with van der Waals surface area (Å²) in [7, 11) is 0. The number of pyridine rings is 1. The van der Waals surface area contributed by atoms with Gasteiger partial charge in [0.15, 0.2) is 0 Å². The molecule has 0 saturated carbocycles. The number of carboxylic acid groups (broad SMARTS) is 1. The lowest BCUT2D eigenvalue weighted by molar-refractivity contribution is 0.0691. The number of hydrogen-bond donors (Lipinski definition) is 1. The van der Waals surface area contributed by atoms with Gasteiger partial charge in [0.05, 0.1) is 30.5 Å². The molecule has 176 valence electrons. The molecule has 0 bridgehead atoms. The maximum Gasteiger partial charge on any atom is 0.338 e. The number of aryl methyl sites for hydroxylation is 2. The number of carboxylic acids is 1. The molecule has 4 aromatic rings. The summed E-state index contributed by atoms with van der Waals surface area (Å²) in [5.74, 6) is -1.20. The highest BCUT2D eigenvalue weighted by Crippen LogP contribution is 2.41. The van der Waals surface area contributed by atoms with E-state index < -0.39 is 17.3 Å². The van der Waals surface area contributed by atoms with Crippen LogP contribution in [0.2, 0.25) is 0 Å². The fourth-order valence-electron chi connectivity index (χ4n) is 4.60. The maximum atomic E-state index is 14.8. The summed E-state index contributed by atoms with van der Waals surface area (Å²) in [6.07, 6.45) is 4.54. The van der Waals surface area contributed by atoms with Crippen molar-refractivity contribution in [1.82, 2.24) is 14.7 Å². The van der Waals surface area contributed by atoms with Crippen LogP contribution in [0.1, 0.15) is 41.2 Å². The number of hydrogen-bond acceptors (Lipinski definition) is 6. The van der Waals surface area contributed by atoms with Crippen molar-refractivity contribution in [2.45, 2.75) is 33.2 Å². The van der Waals surface area contributed by atoms with Crippen molar-refractivity contribution in [1.29, 1.82) is 0 Å². The van der Waals surface area contributed by atoms with E-state index >= 15 is 0 Å². The van der Waals surface area contributed by atoms with Crippen molar-refractivity contribution in [3.05, 3.63) is 53.4 Å². The van der Waals surface area contributed by atoms with Gasteiger partial charge in [-0.1, -0.05) is 5.16 Å². The highest BCUT2D eigenvalue weighted by molar-refractivity contribution is 5.99. The van der Waals surface area contributed by atoms with E-state index in [1.54, 1.807) is 13.1 Å². The number of ether oxygens (including phenoxy) is 2. The minimum absolute atomic E-state index is 0.0901. The number of rotatable bonds is 6. The van der Waals surface area contributed by atoms with Crippen LogP contribution >= 0.6 is 0 Å². The maximum absolute atomic E-state index is 14.8. The highest BCUT2D eigenvalue weighted by Gasteiger charge is 2.26. The number of carbonyl (C=O) groups is 1. The van der Waals surface area contributed by atoms with E-state index in [4.69, 9.17) is 19.0 Å². The minimum Gasteiger partial charge on any atom is -0.493 e. The zero-order valence-corrected chi connectivity index (χ0v) is 19.1. The van der Waals surface area contributed by atoms with Gasteiger partial charge in [0.1, 0.15) is 23.0 Å². The molecule has 1 atom stereocenters. The second-order valence-electron chi connectivity index (χ2n) is 8.33. The number of aromatic carboxylic acids is 1. The number of aromatic nitrogens is 3. The molecule has 5 rings (SSSR count). The normalized spacial score (nSPS) is 15.8. The lowest BCUT2D eigenvalue weighted by Gasteiger charge is -2.12. The summed E-state index contributed by atoms with van der Waals surface area (Å²) in [6, 6.07) is 4.54. The zero-order valence-electron chi connectivity index (χ0n) is 19.1. The van der Waals surface area contributed by atoms with E-state index in [-0.39, 0.29) is 6.04 Å². The standard InChI is InChI=1S/C25H24FN3O5/c1-4-33-22-9-19(25(30)31)21(26)8-17(22)20-11-29(16-5-6-32-12-16)24-18(20)7-15(10-27-24)23-13(2)28-34-14(23)3/h7-11,16H,4-6,12H2,1-3H3,(H,30,31)/t16-/m0/s1. The molecule has 4 heterocycles. The summed E-state index contributed by atoms with van der Waals surface area (Å²) in [6.45, 7) is 7.02. The van der Waals surface area contributed by atoms with Crippen molar-refractivity contribution < 1.29 is 28.3 Å². The molecular weight excluding hydrogens is 441 g/mol. The van der Waals surface area contributed by atoms with Gasteiger partial charge < -0.3 is 23.7 Å². The zero-order chi connectivity index (χ0) is 24.0. The van der Waals surface area contributed by atoms with E-state index in [2.05, 4.69) is 5.16 Å². The van der Waals surface area contributed by atoms with Crippen LogP contribution in [-0.2, 0) is 4.74 Å². The third-order valence-corrected chi connectivity index (χ3v) is 6.18. The Hall–Kier alpha value is -3.72. The Kier molecular flexibility index (Phi) is 5.57. The summed E-state index contributed by atoms with van der Waals surface area (Å²) in [5.41, 5.74) is 3.88. The second kappa shape index (κ2) is 8.57. The molecule has 1 saturated heterocycles. The molecule has 3 aromatic heterocycles. The van der Waals surface area contributed by atoms with Crippen LogP contribution in [0, 0.1) is 19.7 Å². The Balaban J connectivity index is 1.78. The van der Waals surface area contributed by atoms with Crippen LogP contribution in [0.15, 0.2) is 35.1 Å². The predicted octanol–water partition coefficient (Wildman–Crippen LogP) is 5.17. The molecule has 1 aliphatic rings. The molecule has 0 radical (unpaired) electrons. The van der Waals surface area contributed by atoms with Crippen molar-refractivity contribution in [2.75, 3.05) is 19.8 Å². The van der Waals surface area contributed by atoms with Gasteiger partial charge in [-0.2, -0.15) is 0 Å². The first kappa shape index (κ1) is 22.1. The van der Waals surface area contributed by atoms with Crippen LogP contribution < -0.4 is 4.74 Å². The van der Waals surface area contributed by atoms with Gasteiger partial charge in [0.25, 0.3) is 0 Å². The Morgan fingerprint density at radius 3 is 2.76 bits per heavy atom. The van der Waals surface area contributed by atoms with Crippen LogP contribution in [0.4, 0.5) is 4.39 Å². The number of halogens is 1. The number of nitrogens with zero attached hydrogens (tertiary/aromatic N) is 3. The average molecular weight is 465 g/mol. The van der Waals surface area contributed by atoms with Crippen molar-refractivity contribution >= 4 is 17.0 Å². The van der Waals surface area contributed by atoms with Gasteiger partial charge in [-0.05, 0) is 45.4 Å². The van der Waals surface area contributed by atoms with Crippen LogP contribution in [0.5, 0.6) is 5.75 Å². The first-order valence-corrected chi connectivity index (χ1v) is 11.1. The Bertz CT molecular complexity index is 1380. The first-order valence-electron chi connectivity index (χ1n) is 11.1. The average Bonchev–Trinajstić information content (AvgIpc) is 3.53. The molecular formula is C25H24FN3O5. The molecule has 0 unspecified atom stereocenters.